The maximum Gasteiger partial charge on any atom is 0.142 e. The second-order valence-corrected chi connectivity index (χ2v) is 3.54. The number of hydrogen-bond acceptors (Lipinski definition) is 1. The van der Waals surface area contributed by atoms with Crippen LogP contribution in [-0.4, -0.2) is 5.11 Å². The first kappa shape index (κ1) is 9.49. The topological polar surface area (TPSA) is 20.2 Å². The molecule has 0 aliphatic rings. The molecule has 0 fully saturated rings. The van der Waals surface area contributed by atoms with E-state index in [2.05, 4.69) is 0 Å². The van der Waals surface area contributed by atoms with E-state index < -0.39 is 11.4 Å². The van der Waals surface area contributed by atoms with E-state index in [0.29, 0.717) is 5.56 Å². The minimum Gasteiger partial charge on any atom is -0.386 e. The molecule has 66 valence electrons. The van der Waals surface area contributed by atoms with Gasteiger partial charge < -0.3 is 5.11 Å². The maximum absolute atomic E-state index is 12.9. The molecule has 1 N–H and O–H groups in total. The predicted octanol–water partition coefficient (Wildman–Crippen LogP) is 2.71. The Balaban J connectivity index is 3.26. The van der Waals surface area contributed by atoms with Crippen molar-refractivity contribution in [2.24, 2.45) is 0 Å². The molecular weight excluding hydrogens is 179 g/mol. The van der Waals surface area contributed by atoms with Crippen molar-refractivity contribution in [3.63, 3.8) is 0 Å². The molecule has 1 aromatic rings. The van der Waals surface area contributed by atoms with Crippen LogP contribution in [0.4, 0.5) is 4.39 Å². The fourth-order valence-electron chi connectivity index (χ4n) is 0.976. The minimum atomic E-state index is -1.10. The van der Waals surface area contributed by atoms with E-state index in [9.17, 15) is 9.50 Å². The fraction of sp³-hybridized carbons (Fsp3) is 0.333. The van der Waals surface area contributed by atoms with E-state index in [1.807, 2.05) is 0 Å². The first-order chi connectivity index (χ1) is 5.43. The molecule has 0 spiro atoms. The van der Waals surface area contributed by atoms with E-state index in [1.54, 1.807) is 19.9 Å². The minimum absolute atomic E-state index is 0.00926. The van der Waals surface area contributed by atoms with Crippen molar-refractivity contribution in [3.8, 4) is 0 Å². The third-order valence-corrected chi connectivity index (χ3v) is 1.99. The lowest BCUT2D eigenvalue weighted by Crippen LogP contribution is -2.16. The number of hydrogen-bond donors (Lipinski definition) is 1. The molecule has 1 aromatic carbocycles. The van der Waals surface area contributed by atoms with Gasteiger partial charge in [0.05, 0.1) is 10.6 Å². The van der Waals surface area contributed by atoms with Gasteiger partial charge in [-0.25, -0.2) is 4.39 Å². The summed E-state index contributed by atoms with van der Waals surface area (Å²) >= 11 is 5.64. The summed E-state index contributed by atoms with van der Waals surface area (Å²) in [6.07, 6.45) is 0. The summed E-state index contributed by atoms with van der Waals surface area (Å²) in [7, 11) is 0. The summed E-state index contributed by atoms with van der Waals surface area (Å²) in [5.41, 5.74) is -0.691. The van der Waals surface area contributed by atoms with Gasteiger partial charge in [0.15, 0.2) is 0 Å². The second-order valence-electron chi connectivity index (χ2n) is 3.16. The van der Waals surface area contributed by atoms with Gasteiger partial charge >= 0.3 is 0 Å². The Labute approximate surface area is 75.8 Å². The highest BCUT2D eigenvalue weighted by molar-refractivity contribution is 6.31. The summed E-state index contributed by atoms with van der Waals surface area (Å²) in [5.74, 6) is -0.503. The van der Waals surface area contributed by atoms with Gasteiger partial charge in [-0.15, -0.1) is 0 Å². The van der Waals surface area contributed by atoms with E-state index >= 15 is 0 Å². The Morgan fingerprint density at radius 1 is 1.42 bits per heavy atom. The second kappa shape index (κ2) is 3.04. The number of rotatable bonds is 1. The SMILES string of the molecule is CC(C)(O)c1cccc(F)c1Cl. The van der Waals surface area contributed by atoms with Gasteiger partial charge in [-0.05, 0) is 19.9 Å². The summed E-state index contributed by atoms with van der Waals surface area (Å²) in [6, 6.07) is 4.39. The van der Waals surface area contributed by atoms with Crippen LogP contribution in [0.5, 0.6) is 0 Å². The van der Waals surface area contributed by atoms with Gasteiger partial charge in [-0.2, -0.15) is 0 Å². The zero-order valence-corrected chi connectivity index (χ0v) is 7.69. The quantitative estimate of drug-likeness (QED) is 0.719. The van der Waals surface area contributed by atoms with Crippen molar-refractivity contribution < 1.29 is 9.50 Å². The molecule has 1 rings (SSSR count). The normalized spacial score (nSPS) is 11.8. The van der Waals surface area contributed by atoms with Crippen molar-refractivity contribution >= 4 is 11.6 Å². The Hall–Kier alpha value is -0.600. The number of benzene rings is 1. The van der Waals surface area contributed by atoms with Crippen LogP contribution in [0.3, 0.4) is 0 Å². The molecule has 0 saturated carbocycles. The summed E-state index contributed by atoms with van der Waals surface area (Å²) in [6.45, 7) is 3.13. The van der Waals surface area contributed by atoms with Crippen LogP contribution in [0.2, 0.25) is 5.02 Å². The molecular formula is C9H10ClFO. The Bertz CT molecular complexity index is 291. The average Bonchev–Trinajstić information content (AvgIpc) is 1.92. The van der Waals surface area contributed by atoms with Crippen molar-refractivity contribution in [1.82, 2.24) is 0 Å². The van der Waals surface area contributed by atoms with Gasteiger partial charge in [0, 0.05) is 5.56 Å². The largest absolute Gasteiger partial charge is 0.386 e. The van der Waals surface area contributed by atoms with Crippen LogP contribution in [0.25, 0.3) is 0 Å². The van der Waals surface area contributed by atoms with Crippen molar-refractivity contribution in [1.29, 1.82) is 0 Å². The van der Waals surface area contributed by atoms with E-state index in [0.717, 1.165) is 0 Å². The molecule has 0 heterocycles. The van der Waals surface area contributed by atoms with Crippen LogP contribution in [0.15, 0.2) is 18.2 Å². The molecule has 1 nitrogen and oxygen atoms in total. The first-order valence-electron chi connectivity index (χ1n) is 3.60. The highest BCUT2D eigenvalue weighted by atomic mass is 35.5. The monoisotopic (exact) mass is 188 g/mol. The maximum atomic E-state index is 12.9. The standard InChI is InChI=1S/C9H10ClFO/c1-9(2,12)6-4-3-5-7(11)8(6)10/h3-5,12H,1-2H3. The van der Waals surface area contributed by atoms with Gasteiger partial charge in [-0.1, -0.05) is 23.7 Å². The van der Waals surface area contributed by atoms with Gasteiger partial charge in [0.2, 0.25) is 0 Å². The van der Waals surface area contributed by atoms with E-state index in [-0.39, 0.29) is 5.02 Å². The smallest absolute Gasteiger partial charge is 0.142 e. The molecule has 0 radical (unpaired) electrons. The lowest BCUT2D eigenvalue weighted by Gasteiger charge is -2.19. The Kier molecular flexibility index (Phi) is 2.40. The average molecular weight is 189 g/mol. The van der Waals surface area contributed by atoms with Crippen LogP contribution in [0, 0.1) is 5.82 Å². The Morgan fingerprint density at radius 3 is 2.42 bits per heavy atom. The van der Waals surface area contributed by atoms with Crippen molar-refractivity contribution in [2.45, 2.75) is 19.4 Å². The summed E-state index contributed by atoms with van der Waals surface area (Å²) in [4.78, 5) is 0. The van der Waals surface area contributed by atoms with Crippen molar-refractivity contribution in [2.75, 3.05) is 0 Å². The van der Waals surface area contributed by atoms with Crippen LogP contribution < -0.4 is 0 Å². The van der Waals surface area contributed by atoms with Crippen molar-refractivity contribution in [3.05, 3.63) is 34.6 Å². The zero-order valence-electron chi connectivity index (χ0n) is 6.94. The summed E-state index contributed by atoms with van der Waals surface area (Å²) < 4.78 is 12.9. The van der Waals surface area contributed by atoms with Crippen LogP contribution in [0.1, 0.15) is 19.4 Å². The van der Waals surface area contributed by atoms with Gasteiger partial charge in [0.1, 0.15) is 5.82 Å². The molecule has 0 unspecified atom stereocenters. The molecule has 12 heavy (non-hydrogen) atoms. The highest BCUT2D eigenvalue weighted by Gasteiger charge is 2.20. The molecule has 0 aliphatic carbocycles. The molecule has 0 atom stereocenters. The number of halogens is 2. The molecule has 0 aromatic heterocycles. The van der Waals surface area contributed by atoms with E-state index in [4.69, 9.17) is 11.6 Å². The first-order valence-corrected chi connectivity index (χ1v) is 3.97. The molecule has 0 saturated heterocycles. The predicted molar refractivity (Wildman–Crippen MR) is 46.7 cm³/mol. The van der Waals surface area contributed by atoms with Crippen LogP contribution in [-0.2, 0) is 5.60 Å². The van der Waals surface area contributed by atoms with Gasteiger partial charge in [0.25, 0.3) is 0 Å². The molecule has 0 bridgehead atoms. The van der Waals surface area contributed by atoms with Crippen LogP contribution >= 0.6 is 11.6 Å². The lowest BCUT2D eigenvalue weighted by molar-refractivity contribution is 0.0783. The third-order valence-electron chi connectivity index (χ3n) is 1.61. The number of aliphatic hydroxyl groups is 1. The fourth-order valence-corrected chi connectivity index (χ4v) is 1.33. The molecule has 0 aliphatic heterocycles. The lowest BCUT2D eigenvalue weighted by atomic mass is 9.98. The third kappa shape index (κ3) is 1.76. The summed E-state index contributed by atoms with van der Waals surface area (Å²) in [5, 5.41) is 9.53. The molecule has 0 amide bonds. The highest BCUT2D eigenvalue weighted by Crippen LogP contribution is 2.28. The Morgan fingerprint density at radius 2 is 2.00 bits per heavy atom. The zero-order chi connectivity index (χ0) is 9.35. The molecule has 3 heteroatoms. The van der Waals surface area contributed by atoms with Gasteiger partial charge in [-0.3, -0.25) is 0 Å². The van der Waals surface area contributed by atoms with E-state index in [1.165, 1.54) is 12.1 Å².